The van der Waals surface area contributed by atoms with Crippen LogP contribution < -0.4 is 5.32 Å². The Balaban J connectivity index is 2.10. The Morgan fingerprint density at radius 2 is 1.50 bits per heavy atom. The third kappa shape index (κ3) is 4.64. The predicted molar refractivity (Wildman–Crippen MR) is 113 cm³/mol. The second-order valence-corrected chi connectivity index (χ2v) is 8.10. The van der Waals surface area contributed by atoms with E-state index in [1.807, 2.05) is 0 Å². The molecule has 0 aromatic heterocycles. The molecule has 0 saturated carbocycles. The number of nitro benzene ring substituents is 1. The standard InChI is InChI=1S/C21H25N3O10/c1-10(25)23-20(22-14-6-8-15(9-7-14)24(29)30)18-16(31-11(2)26)17(32-12(3)27)19(33-13(4)28)21(23,5)34-18/h6-9,16-20,22H,1-5H3/t16-,17-,18+,19-,20-,21-/m0/s1. The first-order valence-electron chi connectivity index (χ1n) is 10.4. The minimum atomic E-state index is -1.60. The Bertz CT molecular complexity index is 1010. The van der Waals surface area contributed by atoms with E-state index < -0.39 is 65.0 Å². The van der Waals surface area contributed by atoms with Gasteiger partial charge in [0, 0.05) is 45.5 Å². The summed E-state index contributed by atoms with van der Waals surface area (Å²) in [6.45, 7) is 6.20. The van der Waals surface area contributed by atoms with Crippen LogP contribution in [0.2, 0.25) is 0 Å². The van der Waals surface area contributed by atoms with Crippen LogP contribution >= 0.6 is 0 Å². The maximum absolute atomic E-state index is 12.8. The number of likely N-dealkylation sites (tertiary alicyclic amines) is 1. The molecule has 2 saturated heterocycles. The normalized spacial score (nSPS) is 29.7. The number of non-ortho nitro benzene ring substituents is 1. The summed E-state index contributed by atoms with van der Waals surface area (Å²) in [6, 6.07) is 5.43. The molecule has 2 bridgehead atoms. The molecular formula is C21H25N3O10. The van der Waals surface area contributed by atoms with Gasteiger partial charge in [0.05, 0.1) is 4.92 Å². The van der Waals surface area contributed by atoms with Gasteiger partial charge in [-0.3, -0.25) is 34.2 Å². The van der Waals surface area contributed by atoms with E-state index in [-0.39, 0.29) is 5.69 Å². The van der Waals surface area contributed by atoms with Gasteiger partial charge in [0.1, 0.15) is 12.3 Å². The van der Waals surface area contributed by atoms with Crippen molar-refractivity contribution < 1.29 is 43.0 Å². The molecule has 0 unspecified atom stereocenters. The van der Waals surface area contributed by atoms with Gasteiger partial charge in [0.15, 0.2) is 24.0 Å². The van der Waals surface area contributed by atoms with Crippen molar-refractivity contribution in [2.24, 2.45) is 0 Å². The van der Waals surface area contributed by atoms with E-state index >= 15 is 0 Å². The summed E-state index contributed by atoms with van der Waals surface area (Å²) in [5.41, 5.74) is -1.33. The second-order valence-electron chi connectivity index (χ2n) is 8.10. The lowest BCUT2D eigenvalue weighted by Crippen LogP contribution is -2.65. The lowest BCUT2D eigenvalue weighted by Gasteiger charge is -2.45. The van der Waals surface area contributed by atoms with Gasteiger partial charge < -0.3 is 24.3 Å². The van der Waals surface area contributed by atoms with Crippen molar-refractivity contribution >= 4 is 35.2 Å². The molecule has 1 N–H and O–H groups in total. The zero-order chi connectivity index (χ0) is 25.4. The molecule has 1 amide bonds. The summed E-state index contributed by atoms with van der Waals surface area (Å²) in [4.78, 5) is 60.2. The Morgan fingerprint density at radius 1 is 0.971 bits per heavy atom. The van der Waals surface area contributed by atoms with E-state index in [1.165, 1.54) is 43.0 Å². The van der Waals surface area contributed by atoms with Crippen molar-refractivity contribution in [1.82, 2.24) is 4.90 Å². The van der Waals surface area contributed by atoms with Crippen LogP contribution in [-0.4, -0.2) is 69.9 Å². The number of nitro groups is 1. The molecule has 3 rings (SSSR count). The Hall–Kier alpha value is -3.74. The van der Waals surface area contributed by atoms with Crippen LogP contribution in [0.15, 0.2) is 24.3 Å². The molecule has 0 spiro atoms. The summed E-state index contributed by atoms with van der Waals surface area (Å²) in [7, 11) is 0. The molecule has 1 aromatic rings. The van der Waals surface area contributed by atoms with Gasteiger partial charge >= 0.3 is 17.9 Å². The average molecular weight is 479 g/mol. The Labute approximate surface area is 194 Å². The molecule has 13 heteroatoms. The van der Waals surface area contributed by atoms with Crippen molar-refractivity contribution in [2.45, 2.75) is 70.9 Å². The lowest BCUT2D eigenvalue weighted by molar-refractivity contribution is -0.384. The molecule has 2 aliphatic heterocycles. The second kappa shape index (κ2) is 9.25. The summed E-state index contributed by atoms with van der Waals surface area (Å²) < 4.78 is 22.4. The van der Waals surface area contributed by atoms with Crippen LogP contribution in [0.3, 0.4) is 0 Å². The molecule has 0 aliphatic carbocycles. The minimum absolute atomic E-state index is 0.134. The van der Waals surface area contributed by atoms with Gasteiger partial charge in [-0.25, -0.2) is 0 Å². The molecular weight excluding hydrogens is 454 g/mol. The van der Waals surface area contributed by atoms with E-state index in [0.717, 1.165) is 20.8 Å². The van der Waals surface area contributed by atoms with Crippen LogP contribution in [0.25, 0.3) is 0 Å². The SMILES string of the molecule is CC(=O)O[C@@H]1[C@H]2O[C@@](C)([C@@H](OC(C)=O)[C@H]1OC(C)=O)N(C(C)=O)[C@@H]2Nc1ccc([N+](=O)[O-])cc1. The molecule has 2 aliphatic rings. The molecule has 184 valence electrons. The molecule has 2 fully saturated rings. The number of hydrogen-bond donors (Lipinski definition) is 1. The van der Waals surface area contributed by atoms with Crippen molar-refractivity contribution in [2.75, 3.05) is 5.32 Å². The average Bonchev–Trinajstić information content (AvgIpc) is 2.98. The number of hydrogen-bond acceptors (Lipinski definition) is 11. The number of anilines is 1. The molecule has 1 aromatic carbocycles. The van der Waals surface area contributed by atoms with Gasteiger partial charge in [0.25, 0.3) is 5.69 Å². The van der Waals surface area contributed by atoms with Crippen molar-refractivity contribution in [3.63, 3.8) is 0 Å². The van der Waals surface area contributed by atoms with Crippen LogP contribution in [0.1, 0.15) is 34.6 Å². The third-order valence-corrected chi connectivity index (χ3v) is 5.55. The van der Waals surface area contributed by atoms with Gasteiger partial charge in [0.2, 0.25) is 5.91 Å². The first-order chi connectivity index (χ1) is 15.8. The maximum Gasteiger partial charge on any atom is 0.303 e. The van der Waals surface area contributed by atoms with Crippen LogP contribution in [0.5, 0.6) is 0 Å². The fourth-order valence-electron chi connectivity index (χ4n) is 4.44. The highest BCUT2D eigenvalue weighted by atomic mass is 16.7. The third-order valence-electron chi connectivity index (χ3n) is 5.55. The lowest BCUT2D eigenvalue weighted by atomic mass is 9.93. The van der Waals surface area contributed by atoms with Gasteiger partial charge in [-0.05, 0) is 19.1 Å². The number of nitrogens with one attached hydrogen (secondary N) is 1. The Kier molecular flexibility index (Phi) is 6.77. The number of fused-ring (bicyclic) bond motifs is 2. The van der Waals surface area contributed by atoms with E-state index in [0.29, 0.717) is 5.69 Å². The van der Waals surface area contributed by atoms with E-state index in [2.05, 4.69) is 5.32 Å². The fraction of sp³-hybridized carbons (Fsp3) is 0.524. The quantitative estimate of drug-likeness (QED) is 0.269. The number of carbonyl (C=O) groups is 4. The van der Waals surface area contributed by atoms with E-state index in [1.54, 1.807) is 0 Å². The zero-order valence-corrected chi connectivity index (χ0v) is 19.2. The van der Waals surface area contributed by atoms with E-state index in [4.69, 9.17) is 18.9 Å². The van der Waals surface area contributed by atoms with Crippen LogP contribution in [0, 0.1) is 10.1 Å². The molecule has 34 heavy (non-hydrogen) atoms. The number of esters is 3. The number of ether oxygens (including phenoxy) is 4. The Morgan fingerprint density at radius 3 is 1.97 bits per heavy atom. The van der Waals surface area contributed by atoms with Gasteiger partial charge in [-0.15, -0.1) is 0 Å². The number of rotatable bonds is 6. The summed E-state index contributed by atoms with van der Waals surface area (Å²) in [5.74, 6) is -2.65. The molecule has 13 nitrogen and oxygen atoms in total. The number of benzene rings is 1. The summed E-state index contributed by atoms with van der Waals surface area (Å²) in [6.07, 6.45) is -5.89. The number of nitrogens with zero attached hydrogens (tertiary/aromatic N) is 2. The van der Waals surface area contributed by atoms with Crippen LogP contribution in [-0.2, 0) is 38.1 Å². The fourth-order valence-corrected chi connectivity index (χ4v) is 4.44. The topological polar surface area (TPSA) is 164 Å². The highest BCUT2D eigenvalue weighted by molar-refractivity contribution is 5.76. The number of carbonyl (C=O) groups excluding carboxylic acids is 4. The highest BCUT2D eigenvalue weighted by Crippen LogP contribution is 2.46. The molecule has 6 atom stereocenters. The minimum Gasteiger partial charge on any atom is -0.455 e. The number of amides is 1. The first-order valence-corrected chi connectivity index (χ1v) is 10.4. The zero-order valence-electron chi connectivity index (χ0n) is 19.2. The van der Waals surface area contributed by atoms with Crippen molar-refractivity contribution in [1.29, 1.82) is 0 Å². The highest BCUT2D eigenvalue weighted by Gasteiger charge is 2.69. The largest absolute Gasteiger partial charge is 0.455 e. The monoisotopic (exact) mass is 479 g/mol. The van der Waals surface area contributed by atoms with E-state index in [9.17, 15) is 29.3 Å². The summed E-state index contributed by atoms with van der Waals surface area (Å²) in [5, 5.41) is 14.0. The first kappa shape index (κ1) is 24.9. The predicted octanol–water partition coefficient (Wildman–Crippen LogP) is 1.11. The van der Waals surface area contributed by atoms with Gasteiger partial charge in [-0.2, -0.15) is 0 Å². The maximum atomic E-state index is 12.8. The molecule has 2 heterocycles. The van der Waals surface area contributed by atoms with Crippen molar-refractivity contribution in [3.8, 4) is 0 Å². The van der Waals surface area contributed by atoms with Crippen molar-refractivity contribution in [3.05, 3.63) is 34.4 Å². The smallest absolute Gasteiger partial charge is 0.303 e. The van der Waals surface area contributed by atoms with Gasteiger partial charge in [-0.1, -0.05) is 0 Å². The van der Waals surface area contributed by atoms with Crippen LogP contribution in [0.4, 0.5) is 11.4 Å². The summed E-state index contributed by atoms with van der Waals surface area (Å²) >= 11 is 0. The molecule has 0 radical (unpaired) electrons.